The zero-order chi connectivity index (χ0) is 15.5. The third kappa shape index (κ3) is 3.84. The monoisotopic (exact) mass is 299 g/mol. The van der Waals surface area contributed by atoms with Gasteiger partial charge in [-0.25, -0.2) is 24.7 Å². The molecule has 110 valence electrons. The Bertz CT molecular complexity index is 645. The van der Waals surface area contributed by atoms with Crippen LogP contribution in [0.2, 0.25) is 0 Å². The fourth-order valence-corrected chi connectivity index (χ4v) is 1.39. The number of hydrogen-bond donors (Lipinski definition) is 2. The van der Waals surface area contributed by atoms with Gasteiger partial charge < -0.3 is 10.4 Å². The predicted molar refractivity (Wildman–Crippen MR) is 62.9 cm³/mol. The van der Waals surface area contributed by atoms with E-state index >= 15 is 0 Å². The average Bonchev–Trinajstić information content (AvgIpc) is 2.45. The van der Waals surface area contributed by atoms with E-state index in [1.165, 1.54) is 6.07 Å². The van der Waals surface area contributed by atoms with Crippen LogP contribution in [-0.2, 0) is 12.7 Å². The Morgan fingerprint density at radius 2 is 1.86 bits per heavy atom. The minimum atomic E-state index is -4.51. The zero-order valence-electron chi connectivity index (χ0n) is 10.3. The highest BCUT2D eigenvalue weighted by atomic mass is 19.4. The highest BCUT2D eigenvalue weighted by molar-refractivity contribution is 5.64. The van der Waals surface area contributed by atoms with Crippen molar-refractivity contribution in [3.05, 3.63) is 36.0 Å². The van der Waals surface area contributed by atoms with Crippen molar-refractivity contribution < 1.29 is 23.1 Å². The molecular weight excluding hydrogens is 291 g/mol. The van der Waals surface area contributed by atoms with Crippen LogP contribution in [0.5, 0.6) is 0 Å². The van der Waals surface area contributed by atoms with Gasteiger partial charge in [0.05, 0.1) is 17.8 Å². The second-order valence-electron chi connectivity index (χ2n) is 3.85. The molecule has 10 heteroatoms. The molecule has 0 radical (unpaired) electrons. The Morgan fingerprint density at radius 3 is 2.43 bits per heavy atom. The topological polar surface area (TPSA) is 101 Å². The minimum Gasteiger partial charge on any atom is -0.465 e. The standard InChI is InChI=1S/C11H8F3N5O2/c12-11(13,14)6-2-15-9(16-3-6)8-1-7(18-5-19-8)4-17-10(20)21/h1-3,5,17H,4H2,(H,20,21). The molecule has 0 atom stereocenters. The van der Waals surface area contributed by atoms with Gasteiger partial charge in [-0.3, -0.25) is 0 Å². The third-order valence-electron chi connectivity index (χ3n) is 2.35. The van der Waals surface area contributed by atoms with Crippen LogP contribution in [0.25, 0.3) is 11.5 Å². The van der Waals surface area contributed by atoms with Gasteiger partial charge in [-0.15, -0.1) is 0 Å². The predicted octanol–water partition coefficient (Wildman–Crippen LogP) is 1.72. The van der Waals surface area contributed by atoms with Crippen LogP contribution in [0.3, 0.4) is 0 Å². The normalized spacial score (nSPS) is 11.2. The molecule has 2 rings (SSSR count). The number of amides is 1. The number of aromatic nitrogens is 4. The summed E-state index contributed by atoms with van der Waals surface area (Å²) in [6.45, 7) is -0.0640. The zero-order valence-corrected chi connectivity index (χ0v) is 10.3. The molecule has 0 aromatic carbocycles. The van der Waals surface area contributed by atoms with Crippen molar-refractivity contribution in [3.8, 4) is 11.5 Å². The lowest BCUT2D eigenvalue weighted by Crippen LogP contribution is -2.20. The van der Waals surface area contributed by atoms with Crippen LogP contribution in [0, 0.1) is 0 Å². The Hall–Kier alpha value is -2.78. The van der Waals surface area contributed by atoms with E-state index in [1.807, 2.05) is 0 Å². The summed E-state index contributed by atoms with van der Waals surface area (Å²) in [7, 11) is 0. The number of halogens is 3. The van der Waals surface area contributed by atoms with E-state index in [4.69, 9.17) is 5.11 Å². The lowest BCUT2D eigenvalue weighted by Gasteiger charge is -2.06. The molecule has 0 fully saturated rings. The fraction of sp³-hybridized carbons (Fsp3) is 0.182. The first-order valence-electron chi connectivity index (χ1n) is 5.53. The molecule has 2 N–H and O–H groups in total. The van der Waals surface area contributed by atoms with Gasteiger partial charge in [0.1, 0.15) is 12.0 Å². The van der Waals surface area contributed by atoms with Gasteiger partial charge in [0, 0.05) is 12.4 Å². The highest BCUT2D eigenvalue weighted by Crippen LogP contribution is 2.28. The van der Waals surface area contributed by atoms with Crippen molar-refractivity contribution in [2.75, 3.05) is 0 Å². The number of rotatable bonds is 3. The summed E-state index contributed by atoms with van der Waals surface area (Å²) in [4.78, 5) is 25.2. The van der Waals surface area contributed by atoms with E-state index in [1.54, 1.807) is 0 Å². The van der Waals surface area contributed by atoms with Gasteiger partial charge in [-0.05, 0) is 6.07 Å². The largest absolute Gasteiger partial charge is 0.465 e. The van der Waals surface area contributed by atoms with Crippen molar-refractivity contribution in [2.45, 2.75) is 12.7 Å². The molecule has 7 nitrogen and oxygen atoms in total. The second-order valence-corrected chi connectivity index (χ2v) is 3.85. The van der Waals surface area contributed by atoms with E-state index in [0.717, 1.165) is 6.33 Å². The van der Waals surface area contributed by atoms with Gasteiger partial charge in [-0.2, -0.15) is 13.2 Å². The Kier molecular flexibility index (Phi) is 3.96. The van der Waals surface area contributed by atoms with Crippen molar-refractivity contribution >= 4 is 6.09 Å². The lowest BCUT2D eigenvalue weighted by molar-refractivity contribution is -0.138. The van der Waals surface area contributed by atoms with Crippen molar-refractivity contribution in [2.24, 2.45) is 0 Å². The first-order chi connectivity index (χ1) is 9.86. The molecule has 0 bridgehead atoms. The molecule has 0 saturated carbocycles. The first-order valence-corrected chi connectivity index (χ1v) is 5.53. The summed E-state index contributed by atoms with van der Waals surface area (Å²) in [6.07, 6.45) is -3.28. The Labute approximate surface area is 115 Å². The van der Waals surface area contributed by atoms with Crippen LogP contribution in [0.15, 0.2) is 24.8 Å². The SMILES string of the molecule is O=C(O)NCc1cc(-c2ncc(C(F)(F)F)cn2)ncn1. The van der Waals surface area contributed by atoms with Gasteiger partial charge >= 0.3 is 12.3 Å². The average molecular weight is 299 g/mol. The van der Waals surface area contributed by atoms with Crippen molar-refractivity contribution in [1.82, 2.24) is 25.3 Å². The Balaban J connectivity index is 2.22. The molecule has 0 spiro atoms. The van der Waals surface area contributed by atoms with E-state index in [9.17, 15) is 18.0 Å². The molecule has 2 aromatic heterocycles. The van der Waals surface area contributed by atoms with E-state index in [2.05, 4.69) is 25.3 Å². The number of nitrogens with one attached hydrogen (secondary N) is 1. The molecule has 0 unspecified atom stereocenters. The van der Waals surface area contributed by atoms with Crippen LogP contribution in [-0.4, -0.2) is 31.1 Å². The maximum atomic E-state index is 12.4. The van der Waals surface area contributed by atoms with Gasteiger partial charge in [0.2, 0.25) is 0 Å². The molecule has 2 heterocycles. The van der Waals surface area contributed by atoms with Gasteiger partial charge in [-0.1, -0.05) is 0 Å². The number of carboxylic acid groups (broad SMARTS) is 1. The number of hydrogen-bond acceptors (Lipinski definition) is 5. The van der Waals surface area contributed by atoms with Crippen LogP contribution in [0.1, 0.15) is 11.3 Å². The lowest BCUT2D eigenvalue weighted by atomic mass is 10.3. The maximum Gasteiger partial charge on any atom is 0.419 e. The van der Waals surface area contributed by atoms with E-state index < -0.39 is 17.8 Å². The summed E-state index contributed by atoms with van der Waals surface area (Å²) in [6, 6.07) is 1.39. The smallest absolute Gasteiger partial charge is 0.419 e. The molecule has 0 aliphatic rings. The number of carbonyl (C=O) groups is 1. The highest BCUT2D eigenvalue weighted by Gasteiger charge is 2.31. The maximum absolute atomic E-state index is 12.4. The van der Waals surface area contributed by atoms with Crippen LogP contribution in [0.4, 0.5) is 18.0 Å². The summed E-state index contributed by atoms with van der Waals surface area (Å²) in [5.74, 6) is -0.0121. The molecule has 21 heavy (non-hydrogen) atoms. The van der Waals surface area contributed by atoms with Crippen LogP contribution >= 0.6 is 0 Å². The van der Waals surface area contributed by atoms with E-state index in [-0.39, 0.29) is 18.1 Å². The molecular formula is C11H8F3N5O2. The third-order valence-corrected chi connectivity index (χ3v) is 2.35. The number of nitrogens with zero attached hydrogens (tertiary/aromatic N) is 4. The fourth-order valence-electron chi connectivity index (χ4n) is 1.39. The van der Waals surface area contributed by atoms with Gasteiger partial charge in [0.25, 0.3) is 0 Å². The summed E-state index contributed by atoms with van der Waals surface area (Å²) in [5, 5.41) is 10.6. The summed E-state index contributed by atoms with van der Waals surface area (Å²) < 4.78 is 37.2. The summed E-state index contributed by atoms with van der Waals surface area (Å²) >= 11 is 0. The van der Waals surface area contributed by atoms with Crippen molar-refractivity contribution in [3.63, 3.8) is 0 Å². The van der Waals surface area contributed by atoms with Crippen LogP contribution < -0.4 is 5.32 Å². The summed E-state index contributed by atoms with van der Waals surface area (Å²) in [5.41, 5.74) is -0.431. The molecule has 0 aliphatic heterocycles. The first kappa shape index (κ1) is 14.6. The minimum absolute atomic E-state index is 0.0121. The molecule has 0 saturated heterocycles. The second kappa shape index (κ2) is 5.69. The Morgan fingerprint density at radius 1 is 1.19 bits per heavy atom. The number of alkyl halides is 3. The molecule has 0 aliphatic carbocycles. The van der Waals surface area contributed by atoms with Gasteiger partial charge in [0.15, 0.2) is 5.82 Å². The molecule has 1 amide bonds. The van der Waals surface area contributed by atoms with Crippen molar-refractivity contribution in [1.29, 1.82) is 0 Å². The quantitative estimate of drug-likeness (QED) is 0.895. The van der Waals surface area contributed by atoms with E-state index in [0.29, 0.717) is 18.1 Å². The molecule has 2 aromatic rings.